The van der Waals surface area contributed by atoms with E-state index in [9.17, 15) is 17.6 Å². The lowest BCUT2D eigenvalue weighted by atomic mass is 9.97. The molecule has 0 aliphatic heterocycles. The summed E-state index contributed by atoms with van der Waals surface area (Å²) in [5.41, 5.74) is -0.242. The first-order chi connectivity index (χ1) is 9.86. The molecule has 116 valence electrons. The molecule has 1 fully saturated rings. The lowest BCUT2D eigenvalue weighted by Gasteiger charge is -2.28. The Morgan fingerprint density at radius 2 is 2.10 bits per heavy atom. The van der Waals surface area contributed by atoms with Crippen LogP contribution >= 0.6 is 0 Å². The maximum Gasteiger partial charge on any atom is 0.335 e. The molecule has 0 heterocycles. The second kappa shape index (κ2) is 6.11. The molecule has 0 amide bonds. The molecule has 1 aromatic rings. The zero-order valence-corrected chi connectivity index (χ0v) is 12.4. The molecule has 2 atom stereocenters. The molecule has 0 aromatic heterocycles. The van der Waals surface area contributed by atoms with Gasteiger partial charge in [0, 0.05) is 7.11 Å². The van der Waals surface area contributed by atoms with E-state index in [0.29, 0.717) is 19.3 Å². The molecular formula is C14H17FO5S. The van der Waals surface area contributed by atoms with Gasteiger partial charge in [-0.1, -0.05) is 0 Å². The van der Waals surface area contributed by atoms with E-state index < -0.39 is 31.8 Å². The maximum atomic E-state index is 13.9. The number of carboxylic acid groups (broad SMARTS) is 1. The van der Waals surface area contributed by atoms with Crippen molar-refractivity contribution >= 4 is 15.8 Å². The molecule has 2 unspecified atom stereocenters. The number of hydrogen-bond donors (Lipinski definition) is 1. The van der Waals surface area contributed by atoms with E-state index in [1.54, 1.807) is 0 Å². The number of halogens is 1. The van der Waals surface area contributed by atoms with E-state index in [1.165, 1.54) is 7.11 Å². The number of ether oxygens (including phenoxy) is 1. The van der Waals surface area contributed by atoms with Crippen molar-refractivity contribution in [3.8, 4) is 0 Å². The van der Waals surface area contributed by atoms with Gasteiger partial charge in [-0.05, 0) is 43.9 Å². The van der Waals surface area contributed by atoms with Gasteiger partial charge in [-0.15, -0.1) is 0 Å². The molecule has 7 heteroatoms. The predicted octanol–water partition coefficient (Wildman–Crippen LogP) is 2.26. The fourth-order valence-electron chi connectivity index (χ4n) is 2.63. The molecule has 0 bridgehead atoms. The second-order valence-corrected chi connectivity index (χ2v) is 7.34. The maximum absolute atomic E-state index is 13.9. The van der Waals surface area contributed by atoms with E-state index in [1.807, 2.05) is 0 Å². The van der Waals surface area contributed by atoms with Crippen molar-refractivity contribution in [1.29, 1.82) is 0 Å². The highest BCUT2D eigenvalue weighted by Gasteiger charge is 2.35. The Hall–Kier alpha value is -1.47. The van der Waals surface area contributed by atoms with Crippen LogP contribution in [0.15, 0.2) is 23.1 Å². The van der Waals surface area contributed by atoms with Gasteiger partial charge in [-0.3, -0.25) is 0 Å². The highest BCUT2D eigenvalue weighted by atomic mass is 32.2. The van der Waals surface area contributed by atoms with Crippen molar-refractivity contribution in [3.63, 3.8) is 0 Å². The number of rotatable bonds is 4. The molecule has 1 N–H and O–H groups in total. The summed E-state index contributed by atoms with van der Waals surface area (Å²) in [6.45, 7) is 0. The Balaban J connectivity index is 2.39. The van der Waals surface area contributed by atoms with E-state index in [0.717, 1.165) is 24.6 Å². The molecule has 1 saturated carbocycles. The standard InChI is InChI=1S/C14H17FO5S/c1-20-10-3-2-4-11(8-10)21(18,19)13-7-9(14(16)17)5-6-12(13)15/h5-7,10-11H,2-4,8H2,1H3,(H,16,17). The molecule has 1 aliphatic rings. The summed E-state index contributed by atoms with van der Waals surface area (Å²) in [5.74, 6) is -2.20. The quantitative estimate of drug-likeness (QED) is 0.921. The van der Waals surface area contributed by atoms with Crippen LogP contribution in [-0.4, -0.2) is 38.0 Å². The third-order valence-corrected chi connectivity index (χ3v) is 6.07. The predicted molar refractivity (Wildman–Crippen MR) is 73.6 cm³/mol. The van der Waals surface area contributed by atoms with Crippen LogP contribution in [0.4, 0.5) is 4.39 Å². The lowest BCUT2D eigenvalue weighted by Crippen LogP contribution is -2.32. The fraction of sp³-hybridized carbons (Fsp3) is 0.500. The summed E-state index contributed by atoms with van der Waals surface area (Å²) in [7, 11) is -2.39. The third kappa shape index (κ3) is 3.24. The molecule has 21 heavy (non-hydrogen) atoms. The van der Waals surface area contributed by atoms with Gasteiger partial charge >= 0.3 is 5.97 Å². The van der Waals surface area contributed by atoms with Crippen LogP contribution in [0.5, 0.6) is 0 Å². The van der Waals surface area contributed by atoms with Crippen LogP contribution < -0.4 is 0 Å². The van der Waals surface area contributed by atoms with Gasteiger partial charge in [-0.25, -0.2) is 17.6 Å². The SMILES string of the molecule is COC1CCCC(S(=O)(=O)c2cc(C(=O)O)ccc2F)C1. The van der Waals surface area contributed by atoms with E-state index >= 15 is 0 Å². The van der Waals surface area contributed by atoms with Crippen LogP contribution in [0.25, 0.3) is 0 Å². The minimum atomic E-state index is -3.91. The van der Waals surface area contributed by atoms with Gasteiger partial charge in [0.2, 0.25) is 0 Å². The van der Waals surface area contributed by atoms with E-state index in [4.69, 9.17) is 9.84 Å². The number of hydrogen-bond acceptors (Lipinski definition) is 4. The molecule has 1 aromatic carbocycles. The highest BCUT2D eigenvalue weighted by molar-refractivity contribution is 7.92. The molecule has 1 aliphatic carbocycles. The number of carboxylic acids is 1. The summed E-state index contributed by atoms with van der Waals surface area (Å²) in [6, 6.07) is 2.83. The summed E-state index contributed by atoms with van der Waals surface area (Å²) >= 11 is 0. The summed E-state index contributed by atoms with van der Waals surface area (Å²) in [6.07, 6.45) is 2.03. The largest absolute Gasteiger partial charge is 0.478 e. The average molecular weight is 316 g/mol. The normalized spacial score (nSPS) is 23.0. The second-order valence-electron chi connectivity index (χ2n) is 5.14. The molecule has 0 radical (unpaired) electrons. The van der Waals surface area contributed by atoms with Crippen molar-refractivity contribution in [2.45, 2.75) is 41.9 Å². The Bertz CT molecular complexity index is 641. The van der Waals surface area contributed by atoms with Gasteiger partial charge in [0.05, 0.1) is 16.9 Å². The van der Waals surface area contributed by atoms with Gasteiger partial charge < -0.3 is 9.84 Å². The summed E-state index contributed by atoms with van der Waals surface area (Å²) < 4.78 is 44.2. The highest BCUT2D eigenvalue weighted by Crippen LogP contribution is 2.31. The number of aromatic carboxylic acids is 1. The zero-order valence-electron chi connectivity index (χ0n) is 11.6. The van der Waals surface area contributed by atoms with Gasteiger partial charge in [0.25, 0.3) is 0 Å². The minimum Gasteiger partial charge on any atom is -0.478 e. The molecule has 0 spiro atoms. The zero-order chi connectivity index (χ0) is 15.6. The van der Waals surface area contributed by atoms with Crippen molar-refractivity contribution < 1.29 is 27.4 Å². The first-order valence-corrected chi connectivity index (χ1v) is 8.20. The van der Waals surface area contributed by atoms with Crippen LogP contribution in [0.1, 0.15) is 36.0 Å². The first-order valence-electron chi connectivity index (χ1n) is 6.65. The average Bonchev–Trinajstić information content (AvgIpc) is 2.47. The molecule has 5 nitrogen and oxygen atoms in total. The first kappa shape index (κ1) is 15.9. The Morgan fingerprint density at radius 1 is 1.38 bits per heavy atom. The summed E-state index contributed by atoms with van der Waals surface area (Å²) in [4.78, 5) is 10.4. The van der Waals surface area contributed by atoms with Gasteiger partial charge in [-0.2, -0.15) is 0 Å². The summed E-state index contributed by atoms with van der Waals surface area (Å²) in [5, 5.41) is 8.18. The Labute approximate surface area is 122 Å². The van der Waals surface area contributed by atoms with E-state index in [2.05, 4.69) is 0 Å². The topological polar surface area (TPSA) is 80.7 Å². The van der Waals surface area contributed by atoms with Crippen LogP contribution in [0, 0.1) is 5.82 Å². The van der Waals surface area contributed by atoms with Crippen LogP contribution in [0.3, 0.4) is 0 Å². The fourth-order valence-corrected chi connectivity index (χ4v) is 4.57. The Kier molecular flexibility index (Phi) is 4.63. The Morgan fingerprint density at radius 3 is 2.71 bits per heavy atom. The molecule has 0 saturated heterocycles. The smallest absolute Gasteiger partial charge is 0.335 e. The molecular weight excluding hydrogens is 299 g/mol. The van der Waals surface area contributed by atoms with Crippen LogP contribution in [-0.2, 0) is 14.6 Å². The van der Waals surface area contributed by atoms with Crippen molar-refractivity contribution in [2.75, 3.05) is 7.11 Å². The monoisotopic (exact) mass is 316 g/mol. The van der Waals surface area contributed by atoms with Crippen LogP contribution in [0.2, 0.25) is 0 Å². The van der Waals surface area contributed by atoms with Crippen molar-refractivity contribution in [3.05, 3.63) is 29.6 Å². The minimum absolute atomic E-state index is 0.163. The molecule has 2 rings (SSSR count). The number of benzene rings is 1. The lowest BCUT2D eigenvalue weighted by molar-refractivity contribution is 0.0695. The van der Waals surface area contributed by atoms with Gasteiger partial charge in [0.1, 0.15) is 10.7 Å². The van der Waals surface area contributed by atoms with Gasteiger partial charge in [0.15, 0.2) is 9.84 Å². The number of carbonyl (C=O) groups is 1. The third-order valence-electron chi connectivity index (χ3n) is 3.83. The van der Waals surface area contributed by atoms with Crippen molar-refractivity contribution in [2.24, 2.45) is 0 Å². The number of sulfone groups is 1. The van der Waals surface area contributed by atoms with E-state index in [-0.39, 0.29) is 11.7 Å². The van der Waals surface area contributed by atoms with Crippen molar-refractivity contribution in [1.82, 2.24) is 0 Å². The number of methoxy groups -OCH3 is 1.